The predicted molar refractivity (Wildman–Crippen MR) is 122 cm³/mol. The Bertz CT molecular complexity index is 1380. The number of anilines is 2. The smallest absolute Gasteiger partial charge is 0.150 e. The van der Waals surface area contributed by atoms with Gasteiger partial charge < -0.3 is 11.1 Å². The molecule has 3 N–H and O–H groups in total. The fourth-order valence-corrected chi connectivity index (χ4v) is 3.99. The van der Waals surface area contributed by atoms with Gasteiger partial charge in [0.15, 0.2) is 0 Å². The topological polar surface area (TPSA) is 81.1 Å². The summed E-state index contributed by atoms with van der Waals surface area (Å²) >= 11 is 6.39. The van der Waals surface area contributed by atoms with E-state index in [1.54, 1.807) is 37.1 Å². The van der Waals surface area contributed by atoms with Crippen LogP contribution in [0, 0.1) is 5.82 Å². The first-order valence-corrected chi connectivity index (χ1v) is 10.1. The van der Waals surface area contributed by atoms with E-state index in [0.717, 1.165) is 17.6 Å². The number of nitrogen functional groups attached to an aromatic ring is 1. The molecule has 3 aromatic heterocycles. The number of rotatable bonds is 5. The molecule has 0 bridgehead atoms. The van der Waals surface area contributed by atoms with Gasteiger partial charge in [-0.2, -0.15) is 0 Å². The van der Waals surface area contributed by atoms with Crippen LogP contribution in [0.15, 0.2) is 67.4 Å². The van der Waals surface area contributed by atoms with Crippen molar-refractivity contribution in [2.45, 2.75) is 6.42 Å². The number of fused-ring (bicyclic) bond motifs is 3. The minimum Gasteiger partial charge on any atom is -0.385 e. The number of hydrogen-bond donors (Lipinski definition) is 2. The third-order valence-electron chi connectivity index (χ3n) is 5.21. The highest BCUT2D eigenvalue weighted by Crippen LogP contribution is 2.37. The first-order valence-electron chi connectivity index (χ1n) is 9.74. The molecule has 6 nitrogen and oxygen atoms in total. The third kappa shape index (κ3) is 3.53. The lowest BCUT2D eigenvalue weighted by atomic mass is 10.0. The van der Waals surface area contributed by atoms with Crippen molar-refractivity contribution in [2.75, 3.05) is 17.6 Å². The van der Waals surface area contributed by atoms with Crippen molar-refractivity contribution in [2.24, 2.45) is 0 Å². The minimum absolute atomic E-state index is 0.290. The molecular weight excluding hydrogens is 415 g/mol. The summed E-state index contributed by atoms with van der Waals surface area (Å²) in [5.41, 5.74) is 11.0. The predicted octanol–water partition coefficient (Wildman–Crippen LogP) is 4.97. The Labute approximate surface area is 182 Å². The second-order valence-electron chi connectivity index (χ2n) is 7.17. The van der Waals surface area contributed by atoms with Gasteiger partial charge in [0.05, 0.1) is 28.6 Å². The number of hydrogen-bond acceptors (Lipinski definition) is 5. The van der Waals surface area contributed by atoms with E-state index >= 15 is 0 Å². The fourth-order valence-electron chi connectivity index (χ4n) is 3.72. The van der Waals surface area contributed by atoms with Gasteiger partial charge in [-0.15, -0.1) is 0 Å². The largest absolute Gasteiger partial charge is 0.385 e. The monoisotopic (exact) mass is 432 g/mol. The first-order chi connectivity index (χ1) is 15.1. The standard InChI is InChI=1S/C23H18ClFN6/c24-17-2-1-3-18(25)21(17)16-10-15(29-9-6-14-4-7-27-8-5-14)11-19-22(16)30-23(26)20-12-28-13-31(19)20/h1-5,7-8,10-13,29H,6,9H2,(H2,26,30). The van der Waals surface area contributed by atoms with Crippen LogP contribution in [-0.4, -0.2) is 25.9 Å². The van der Waals surface area contributed by atoms with Gasteiger partial charge in [-0.3, -0.25) is 9.38 Å². The van der Waals surface area contributed by atoms with Crippen LogP contribution in [0.3, 0.4) is 0 Å². The van der Waals surface area contributed by atoms with Crippen LogP contribution in [-0.2, 0) is 6.42 Å². The molecule has 0 aliphatic carbocycles. The summed E-state index contributed by atoms with van der Waals surface area (Å²) in [4.78, 5) is 12.8. The number of benzene rings is 2. The van der Waals surface area contributed by atoms with Crippen LogP contribution >= 0.6 is 11.6 Å². The normalized spacial score (nSPS) is 11.3. The van der Waals surface area contributed by atoms with Gasteiger partial charge in [-0.25, -0.2) is 14.4 Å². The van der Waals surface area contributed by atoms with Gasteiger partial charge in [0, 0.05) is 35.8 Å². The molecule has 0 aliphatic heterocycles. The highest BCUT2D eigenvalue weighted by Gasteiger charge is 2.18. The van der Waals surface area contributed by atoms with E-state index in [4.69, 9.17) is 17.3 Å². The zero-order valence-electron chi connectivity index (χ0n) is 16.4. The van der Waals surface area contributed by atoms with E-state index in [9.17, 15) is 4.39 Å². The number of nitrogens with zero attached hydrogens (tertiary/aromatic N) is 4. The van der Waals surface area contributed by atoms with Gasteiger partial charge in [-0.1, -0.05) is 17.7 Å². The molecule has 5 aromatic rings. The van der Waals surface area contributed by atoms with Crippen molar-refractivity contribution in [1.29, 1.82) is 0 Å². The van der Waals surface area contributed by atoms with Crippen LogP contribution < -0.4 is 11.1 Å². The number of imidazole rings is 1. The molecule has 8 heteroatoms. The highest BCUT2D eigenvalue weighted by molar-refractivity contribution is 6.33. The Hall–Kier alpha value is -3.71. The van der Waals surface area contributed by atoms with Gasteiger partial charge >= 0.3 is 0 Å². The van der Waals surface area contributed by atoms with Crippen molar-refractivity contribution < 1.29 is 4.39 Å². The Morgan fingerprint density at radius 2 is 1.90 bits per heavy atom. The van der Waals surface area contributed by atoms with E-state index in [2.05, 4.69) is 20.3 Å². The van der Waals surface area contributed by atoms with Gasteiger partial charge in [0.2, 0.25) is 0 Å². The second kappa shape index (κ2) is 7.85. The van der Waals surface area contributed by atoms with Crippen LogP contribution in [0.2, 0.25) is 5.02 Å². The molecule has 31 heavy (non-hydrogen) atoms. The highest BCUT2D eigenvalue weighted by atomic mass is 35.5. The molecule has 0 saturated heterocycles. The molecule has 2 aromatic carbocycles. The fraction of sp³-hybridized carbons (Fsp3) is 0.0870. The minimum atomic E-state index is -0.422. The molecule has 0 amide bonds. The average molecular weight is 433 g/mol. The molecule has 0 aliphatic rings. The Kier molecular flexibility index (Phi) is 4.88. The Morgan fingerprint density at radius 3 is 2.71 bits per heavy atom. The first kappa shape index (κ1) is 19.3. The summed E-state index contributed by atoms with van der Waals surface area (Å²) < 4.78 is 16.7. The Balaban J connectivity index is 1.65. The maximum absolute atomic E-state index is 14.8. The van der Waals surface area contributed by atoms with Gasteiger partial charge in [-0.05, 0) is 48.4 Å². The molecule has 0 saturated carbocycles. The summed E-state index contributed by atoms with van der Waals surface area (Å²) in [5, 5.41) is 3.73. The third-order valence-corrected chi connectivity index (χ3v) is 5.52. The molecule has 154 valence electrons. The number of aromatic nitrogens is 4. The summed E-state index contributed by atoms with van der Waals surface area (Å²) in [5.74, 6) is -0.106. The molecule has 0 unspecified atom stereocenters. The summed E-state index contributed by atoms with van der Waals surface area (Å²) in [6.45, 7) is 0.690. The van der Waals surface area contributed by atoms with Crippen LogP contribution in [0.1, 0.15) is 5.56 Å². The van der Waals surface area contributed by atoms with Crippen molar-refractivity contribution in [3.63, 3.8) is 0 Å². The molecule has 0 spiro atoms. The van der Waals surface area contributed by atoms with E-state index in [0.29, 0.717) is 39.5 Å². The average Bonchev–Trinajstić information content (AvgIpc) is 3.26. The summed E-state index contributed by atoms with van der Waals surface area (Å²) in [6, 6.07) is 12.4. The number of halogens is 2. The molecular formula is C23H18ClFN6. The molecule has 0 atom stereocenters. The van der Waals surface area contributed by atoms with Crippen molar-refractivity contribution in [3.05, 3.63) is 83.8 Å². The van der Waals surface area contributed by atoms with E-state index in [1.165, 1.54) is 11.6 Å². The number of nitrogens with one attached hydrogen (secondary N) is 1. The van der Waals surface area contributed by atoms with Crippen molar-refractivity contribution in [1.82, 2.24) is 19.4 Å². The zero-order chi connectivity index (χ0) is 21.4. The molecule has 0 fully saturated rings. The Morgan fingerprint density at radius 1 is 1.06 bits per heavy atom. The zero-order valence-corrected chi connectivity index (χ0v) is 17.1. The van der Waals surface area contributed by atoms with E-state index in [-0.39, 0.29) is 0 Å². The van der Waals surface area contributed by atoms with Crippen molar-refractivity contribution >= 4 is 39.7 Å². The van der Waals surface area contributed by atoms with Gasteiger partial charge in [0.25, 0.3) is 0 Å². The molecule has 3 heterocycles. The lowest BCUT2D eigenvalue weighted by Gasteiger charge is -2.15. The van der Waals surface area contributed by atoms with Gasteiger partial charge in [0.1, 0.15) is 17.2 Å². The summed E-state index contributed by atoms with van der Waals surface area (Å²) in [6.07, 6.45) is 7.69. The lowest BCUT2D eigenvalue weighted by Crippen LogP contribution is -2.06. The maximum atomic E-state index is 14.8. The number of nitrogens with two attached hydrogens (primary N) is 1. The quantitative estimate of drug-likeness (QED) is 0.409. The molecule has 0 radical (unpaired) electrons. The van der Waals surface area contributed by atoms with Crippen LogP contribution in [0.5, 0.6) is 0 Å². The SMILES string of the molecule is Nc1nc2c(-c3c(F)cccc3Cl)cc(NCCc3ccncc3)cc2n2cncc12. The number of pyridine rings is 1. The maximum Gasteiger partial charge on any atom is 0.150 e. The lowest BCUT2D eigenvalue weighted by molar-refractivity contribution is 0.631. The van der Waals surface area contributed by atoms with Crippen LogP contribution in [0.4, 0.5) is 15.9 Å². The van der Waals surface area contributed by atoms with Crippen molar-refractivity contribution in [3.8, 4) is 11.1 Å². The molecule has 5 rings (SSSR count). The second-order valence-corrected chi connectivity index (χ2v) is 7.57. The van der Waals surface area contributed by atoms with E-state index < -0.39 is 5.82 Å². The van der Waals surface area contributed by atoms with E-state index in [1.807, 2.05) is 28.7 Å². The summed E-state index contributed by atoms with van der Waals surface area (Å²) in [7, 11) is 0. The van der Waals surface area contributed by atoms with Crippen LogP contribution in [0.25, 0.3) is 27.7 Å².